The maximum Gasteiger partial charge on any atom is 0.123 e. The highest BCUT2D eigenvalue weighted by molar-refractivity contribution is 7.03. The summed E-state index contributed by atoms with van der Waals surface area (Å²) in [6.45, 7) is 6.80. The molecule has 0 aliphatic carbocycles. The van der Waals surface area contributed by atoms with Crippen LogP contribution >= 0.6 is 0 Å². The molecule has 0 nitrogen and oxygen atoms in total. The van der Waals surface area contributed by atoms with E-state index in [1.807, 2.05) is 6.07 Å². The van der Waals surface area contributed by atoms with Crippen LogP contribution in [0.4, 0.5) is 4.39 Å². The maximum absolute atomic E-state index is 13.5. The molecule has 1 heterocycles. The van der Waals surface area contributed by atoms with Gasteiger partial charge in [0.25, 0.3) is 0 Å². The molecule has 1 aliphatic heterocycles. The minimum atomic E-state index is -1.60. The van der Waals surface area contributed by atoms with Gasteiger partial charge in [0, 0.05) is 0 Å². The molecule has 0 saturated heterocycles. The van der Waals surface area contributed by atoms with E-state index in [2.05, 4.69) is 38.2 Å². The fraction of sp³-hybridized carbons (Fsp3) is 0.200. The predicted molar refractivity (Wildman–Crippen MR) is 73.3 cm³/mol. The van der Waals surface area contributed by atoms with Crippen LogP contribution < -0.4 is 10.4 Å². The Bertz CT molecular complexity index is 614. The zero-order chi connectivity index (χ0) is 12.2. The van der Waals surface area contributed by atoms with Crippen molar-refractivity contribution in [1.82, 2.24) is 0 Å². The second-order valence-electron chi connectivity index (χ2n) is 5.31. The van der Waals surface area contributed by atoms with Gasteiger partial charge < -0.3 is 0 Å². The molecule has 17 heavy (non-hydrogen) atoms. The number of aryl methyl sites for hydroxylation is 1. The lowest BCUT2D eigenvalue weighted by atomic mass is 10.0. The van der Waals surface area contributed by atoms with Crippen LogP contribution in [0.5, 0.6) is 0 Å². The van der Waals surface area contributed by atoms with Gasteiger partial charge in [-0.25, -0.2) is 4.39 Å². The van der Waals surface area contributed by atoms with Crippen molar-refractivity contribution in [3.63, 3.8) is 0 Å². The first-order chi connectivity index (χ1) is 8.01. The van der Waals surface area contributed by atoms with Gasteiger partial charge in [0.15, 0.2) is 0 Å². The first kappa shape index (κ1) is 10.7. The Morgan fingerprint density at radius 1 is 1.00 bits per heavy atom. The van der Waals surface area contributed by atoms with E-state index in [0.717, 1.165) is 5.56 Å². The Balaban J connectivity index is 2.44. The Labute approximate surface area is 102 Å². The summed E-state index contributed by atoms with van der Waals surface area (Å²) < 4.78 is 13.5. The summed E-state index contributed by atoms with van der Waals surface area (Å²) >= 11 is 0. The maximum atomic E-state index is 13.5. The van der Waals surface area contributed by atoms with Gasteiger partial charge in [-0.2, -0.15) is 0 Å². The van der Waals surface area contributed by atoms with E-state index in [0.29, 0.717) is 0 Å². The topological polar surface area (TPSA) is 0 Å². The molecule has 86 valence electrons. The van der Waals surface area contributed by atoms with Crippen molar-refractivity contribution in [3.8, 4) is 11.1 Å². The van der Waals surface area contributed by atoms with Crippen molar-refractivity contribution in [1.29, 1.82) is 0 Å². The molecule has 0 atom stereocenters. The van der Waals surface area contributed by atoms with Gasteiger partial charge in [-0.15, -0.1) is 0 Å². The summed E-state index contributed by atoms with van der Waals surface area (Å²) in [6, 6.07) is 11.7. The molecule has 2 aromatic carbocycles. The number of rotatable bonds is 0. The van der Waals surface area contributed by atoms with Gasteiger partial charge in [-0.05, 0) is 46.1 Å². The van der Waals surface area contributed by atoms with Crippen LogP contribution in [-0.4, -0.2) is 8.07 Å². The van der Waals surface area contributed by atoms with E-state index < -0.39 is 8.07 Å². The number of halogens is 1. The molecule has 0 N–H and O–H groups in total. The van der Waals surface area contributed by atoms with E-state index in [1.165, 1.54) is 21.5 Å². The van der Waals surface area contributed by atoms with Crippen LogP contribution in [0.15, 0.2) is 36.4 Å². The third-order valence-electron chi connectivity index (χ3n) is 3.87. The van der Waals surface area contributed by atoms with E-state index >= 15 is 0 Å². The molecule has 0 amide bonds. The zero-order valence-corrected chi connectivity index (χ0v) is 11.3. The summed E-state index contributed by atoms with van der Waals surface area (Å²) in [5.74, 6) is -0.135. The Hall–Kier alpha value is -1.41. The van der Waals surface area contributed by atoms with Gasteiger partial charge in [0.1, 0.15) is 13.9 Å². The highest BCUT2D eigenvalue weighted by Crippen LogP contribution is 2.30. The summed E-state index contributed by atoms with van der Waals surface area (Å²) in [6.07, 6.45) is 0. The molecule has 2 aromatic rings. The van der Waals surface area contributed by atoms with Crippen LogP contribution in [-0.2, 0) is 0 Å². The standard InChI is InChI=1S/C15H15FSi/c1-10-5-4-6-14-15(10)12-9-11(16)7-8-13(12)17(14,2)3/h4-9H,1-3H3. The van der Waals surface area contributed by atoms with Gasteiger partial charge in [-0.1, -0.05) is 37.4 Å². The predicted octanol–water partition coefficient (Wildman–Crippen LogP) is 2.94. The molecular formula is C15H15FSi. The Kier molecular flexibility index (Phi) is 2.08. The molecule has 0 radical (unpaired) electrons. The second-order valence-corrected chi connectivity index (χ2v) is 9.64. The van der Waals surface area contributed by atoms with Crippen LogP contribution in [0.2, 0.25) is 13.1 Å². The summed E-state index contributed by atoms with van der Waals surface area (Å²) in [4.78, 5) is 0. The Morgan fingerprint density at radius 3 is 2.53 bits per heavy atom. The molecule has 0 fully saturated rings. The van der Waals surface area contributed by atoms with Crippen molar-refractivity contribution < 1.29 is 4.39 Å². The summed E-state index contributed by atoms with van der Waals surface area (Å²) in [5.41, 5.74) is 3.65. The average molecular weight is 242 g/mol. The fourth-order valence-corrected chi connectivity index (χ4v) is 6.09. The lowest BCUT2D eigenvalue weighted by Gasteiger charge is -2.18. The minimum Gasteiger partial charge on any atom is -0.207 e. The fourth-order valence-electron chi connectivity index (χ4n) is 2.96. The number of benzene rings is 2. The van der Waals surface area contributed by atoms with Crippen molar-refractivity contribution in [2.75, 3.05) is 0 Å². The second kappa shape index (κ2) is 3.30. The van der Waals surface area contributed by atoms with Gasteiger partial charge in [0.05, 0.1) is 0 Å². The van der Waals surface area contributed by atoms with Crippen LogP contribution in [0.3, 0.4) is 0 Å². The molecule has 0 spiro atoms. The van der Waals surface area contributed by atoms with Crippen LogP contribution in [0.25, 0.3) is 11.1 Å². The SMILES string of the molecule is Cc1cccc2c1-c1cc(F)ccc1[Si]2(C)C. The molecular weight excluding hydrogens is 227 g/mol. The summed E-state index contributed by atoms with van der Waals surface area (Å²) in [7, 11) is -1.60. The Morgan fingerprint density at radius 2 is 1.76 bits per heavy atom. The van der Waals surface area contributed by atoms with E-state index in [-0.39, 0.29) is 5.82 Å². The minimum absolute atomic E-state index is 0.135. The number of fused-ring (bicyclic) bond motifs is 3. The van der Waals surface area contributed by atoms with E-state index in [4.69, 9.17) is 0 Å². The van der Waals surface area contributed by atoms with Crippen molar-refractivity contribution >= 4 is 18.4 Å². The lowest BCUT2D eigenvalue weighted by molar-refractivity contribution is 0.629. The van der Waals surface area contributed by atoms with Crippen molar-refractivity contribution in [2.45, 2.75) is 20.0 Å². The third kappa shape index (κ3) is 1.34. The molecule has 0 bridgehead atoms. The van der Waals surface area contributed by atoms with Crippen LogP contribution in [0.1, 0.15) is 5.56 Å². The molecule has 2 heteroatoms. The van der Waals surface area contributed by atoms with Gasteiger partial charge in [0.2, 0.25) is 0 Å². The normalized spacial score (nSPS) is 15.5. The monoisotopic (exact) mass is 242 g/mol. The average Bonchev–Trinajstić information content (AvgIpc) is 2.49. The quantitative estimate of drug-likeness (QED) is 0.623. The third-order valence-corrected chi connectivity index (χ3v) is 7.42. The van der Waals surface area contributed by atoms with Crippen molar-refractivity contribution in [3.05, 3.63) is 47.8 Å². The zero-order valence-electron chi connectivity index (χ0n) is 10.3. The van der Waals surface area contributed by atoms with E-state index in [9.17, 15) is 4.39 Å². The first-order valence-electron chi connectivity index (χ1n) is 5.92. The number of hydrogen-bond acceptors (Lipinski definition) is 0. The summed E-state index contributed by atoms with van der Waals surface area (Å²) in [5, 5.41) is 2.81. The van der Waals surface area contributed by atoms with Crippen molar-refractivity contribution in [2.24, 2.45) is 0 Å². The largest absolute Gasteiger partial charge is 0.207 e. The molecule has 1 aliphatic rings. The highest BCUT2D eigenvalue weighted by Gasteiger charge is 2.37. The lowest BCUT2D eigenvalue weighted by Crippen LogP contribution is -2.49. The first-order valence-corrected chi connectivity index (χ1v) is 8.92. The number of hydrogen-bond donors (Lipinski definition) is 0. The van der Waals surface area contributed by atoms with Crippen LogP contribution in [0, 0.1) is 12.7 Å². The molecule has 0 aromatic heterocycles. The molecule has 0 unspecified atom stereocenters. The smallest absolute Gasteiger partial charge is 0.123 e. The highest BCUT2D eigenvalue weighted by atomic mass is 28.3. The van der Waals surface area contributed by atoms with Gasteiger partial charge in [-0.3, -0.25) is 0 Å². The van der Waals surface area contributed by atoms with Gasteiger partial charge >= 0.3 is 0 Å². The van der Waals surface area contributed by atoms with E-state index in [1.54, 1.807) is 12.1 Å². The molecule has 0 saturated carbocycles. The molecule has 3 rings (SSSR count).